The number of epoxide rings is 1. The van der Waals surface area contributed by atoms with Crippen LogP contribution < -0.4 is 4.74 Å². The zero-order chi connectivity index (χ0) is 11.9. The summed E-state index contributed by atoms with van der Waals surface area (Å²) < 4.78 is 49.8. The van der Waals surface area contributed by atoms with E-state index in [1.54, 1.807) is 0 Å². The summed E-state index contributed by atoms with van der Waals surface area (Å²) in [6, 6.07) is 0. The minimum absolute atomic E-state index is 0.0661. The molecule has 1 aliphatic heterocycles. The Bertz CT molecular complexity index is 404. The Morgan fingerprint density at radius 3 is 2.50 bits per heavy atom. The smallest absolute Gasteiger partial charge is 0.176 e. The lowest BCUT2D eigenvalue weighted by Gasteiger charge is -2.11. The normalized spacial score (nSPS) is 18.7. The van der Waals surface area contributed by atoms with Gasteiger partial charge in [0, 0.05) is 5.56 Å². The summed E-state index contributed by atoms with van der Waals surface area (Å²) >= 11 is 1.52. The number of rotatable bonds is 3. The summed E-state index contributed by atoms with van der Waals surface area (Å²) in [6.07, 6.45) is -0.0661. The largest absolute Gasteiger partial charge is 0.486 e. The van der Waals surface area contributed by atoms with Crippen molar-refractivity contribution in [2.45, 2.75) is 13.0 Å². The highest BCUT2D eigenvalue weighted by Crippen LogP contribution is 2.32. The fourth-order valence-electron chi connectivity index (χ4n) is 1.19. The summed E-state index contributed by atoms with van der Waals surface area (Å²) in [5, 5.41) is 0. The first-order valence-electron chi connectivity index (χ1n) is 4.59. The van der Waals surface area contributed by atoms with Crippen molar-refractivity contribution >= 4 is 22.6 Å². The van der Waals surface area contributed by atoms with Gasteiger partial charge in [0.2, 0.25) is 0 Å². The highest BCUT2D eigenvalue weighted by Gasteiger charge is 2.27. The van der Waals surface area contributed by atoms with E-state index in [2.05, 4.69) is 0 Å². The molecule has 0 N–H and O–H groups in total. The van der Waals surface area contributed by atoms with Gasteiger partial charge in [-0.05, 0) is 29.5 Å². The lowest BCUT2D eigenvalue weighted by Crippen LogP contribution is -2.10. The second kappa shape index (κ2) is 4.40. The zero-order valence-corrected chi connectivity index (χ0v) is 10.5. The van der Waals surface area contributed by atoms with Crippen molar-refractivity contribution in [2.75, 3.05) is 13.2 Å². The van der Waals surface area contributed by atoms with Crippen molar-refractivity contribution in [1.82, 2.24) is 0 Å². The first kappa shape index (κ1) is 12.0. The van der Waals surface area contributed by atoms with Crippen molar-refractivity contribution in [3.63, 3.8) is 0 Å². The molecule has 1 heterocycles. The lowest BCUT2D eigenvalue weighted by atomic mass is 10.2. The average Bonchev–Trinajstić information content (AvgIpc) is 3.07. The molecule has 0 spiro atoms. The number of benzene rings is 1. The summed E-state index contributed by atoms with van der Waals surface area (Å²) in [4.78, 5) is 0. The van der Waals surface area contributed by atoms with Crippen LogP contribution in [0.4, 0.5) is 13.2 Å². The van der Waals surface area contributed by atoms with Gasteiger partial charge in [-0.3, -0.25) is 0 Å². The Morgan fingerprint density at radius 1 is 1.31 bits per heavy atom. The predicted octanol–water partition coefficient (Wildman–Crippen LogP) is 2.79. The van der Waals surface area contributed by atoms with Gasteiger partial charge in [0.05, 0.1) is 10.2 Å². The van der Waals surface area contributed by atoms with E-state index in [1.807, 2.05) is 0 Å². The third-order valence-electron chi connectivity index (χ3n) is 2.26. The second-order valence-electron chi connectivity index (χ2n) is 3.48. The third-order valence-corrected chi connectivity index (χ3v) is 3.22. The van der Waals surface area contributed by atoms with Crippen LogP contribution in [0.3, 0.4) is 0 Å². The Hall–Kier alpha value is -0.500. The number of halogens is 4. The maximum atomic E-state index is 13.6. The van der Waals surface area contributed by atoms with Crippen LogP contribution >= 0.6 is 22.6 Å². The molecule has 0 radical (unpaired) electrons. The molecular formula is C10H8F3IO2. The fraction of sp³-hybridized carbons (Fsp3) is 0.400. The van der Waals surface area contributed by atoms with Crippen molar-refractivity contribution < 1.29 is 22.6 Å². The van der Waals surface area contributed by atoms with E-state index in [4.69, 9.17) is 9.47 Å². The van der Waals surface area contributed by atoms with Gasteiger partial charge in [0.25, 0.3) is 0 Å². The second-order valence-corrected chi connectivity index (χ2v) is 4.56. The minimum Gasteiger partial charge on any atom is -0.486 e. The molecule has 1 atom stereocenters. The molecule has 1 saturated heterocycles. The summed E-state index contributed by atoms with van der Waals surface area (Å²) in [5.41, 5.74) is -0.371. The average molecular weight is 344 g/mol. The van der Waals surface area contributed by atoms with Crippen molar-refractivity contribution in [3.8, 4) is 5.75 Å². The van der Waals surface area contributed by atoms with Gasteiger partial charge in [-0.1, -0.05) is 0 Å². The maximum absolute atomic E-state index is 13.6. The molecule has 16 heavy (non-hydrogen) atoms. The van der Waals surface area contributed by atoms with Gasteiger partial charge in [0.1, 0.15) is 12.7 Å². The standard InChI is InChI=1S/C10H8F3IO2/c1-4-6(11)8(13)9(14)10(7(4)12)16-3-5-2-15-5/h5H,2-3H2,1H3. The molecule has 2 nitrogen and oxygen atoms in total. The molecule has 2 rings (SSSR count). The van der Waals surface area contributed by atoms with E-state index in [1.165, 1.54) is 29.5 Å². The van der Waals surface area contributed by atoms with Gasteiger partial charge in [-0.2, -0.15) is 0 Å². The monoisotopic (exact) mass is 344 g/mol. The topological polar surface area (TPSA) is 21.8 Å². The van der Waals surface area contributed by atoms with Gasteiger partial charge < -0.3 is 9.47 Å². The van der Waals surface area contributed by atoms with E-state index in [0.29, 0.717) is 6.61 Å². The van der Waals surface area contributed by atoms with Crippen LogP contribution in [0.25, 0.3) is 0 Å². The van der Waals surface area contributed by atoms with Gasteiger partial charge in [0.15, 0.2) is 23.2 Å². The molecule has 88 valence electrons. The summed E-state index contributed by atoms with van der Waals surface area (Å²) in [7, 11) is 0. The van der Waals surface area contributed by atoms with Gasteiger partial charge in [-0.25, -0.2) is 13.2 Å². The predicted molar refractivity (Wildman–Crippen MR) is 59.0 cm³/mol. The highest BCUT2D eigenvalue weighted by atomic mass is 127. The first-order valence-corrected chi connectivity index (χ1v) is 5.67. The molecule has 0 bridgehead atoms. The molecule has 1 unspecified atom stereocenters. The van der Waals surface area contributed by atoms with E-state index >= 15 is 0 Å². The molecular weight excluding hydrogens is 336 g/mol. The van der Waals surface area contributed by atoms with E-state index in [-0.39, 0.29) is 27.6 Å². The third kappa shape index (κ3) is 2.13. The Kier molecular flexibility index (Phi) is 3.29. The van der Waals surface area contributed by atoms with Crippen LogP contribution in [0.15, 0.2) is 0 Å². The van der Waals surface area contributed by atoms with E-state index in [9.17, 15) is 13.2 Å². The first-order chi connectivity index (χ1) is 7.52. The van der Waals surface area contributed by atoms with Crippen LogP contribution in [0, 0.1) is 27.9 Å². The van der Waals surface area contributed by atoms with Crippen molar-refractivity contribution in [3.05, 3.63) is 26.6 Å². The molecule has 0 aromatic heterocycles. The Labute approximate surface area is 104 Å². The van der Waals surface area contributed by atoms with Gasteiger partial charge in [-0.15, -0.1) is 0 Å². The number of hydrogen-bond acceptors (Lipinski definition) is 2. The van der Waals surface area contributed by atoms with Crippen LogP contribution in [0.2, 0.25) is 0 Å². The minimum atomic E-state index is -1.17. The van der Waals surface area contributed by atoms with Crippen LogP contribution in [-0.4, -0.2) is 19.3 Å². The summed E-state index contributed by atoms with van der Waals surface area (Å²) in [6.45, 7) is 1.88. The number of hydrogen-bond donors (Lipinski definition) is 0. The van der Waals surface area contributed by atoms with Crippen LogP contribution in [0.5, 0.6) is 5.75 Å². The Balaban J connectivity index is 2.34. The molecule has 6 heteroatoms. The maximum Gasteiger partial charge on any atom is 0.176 e. The fourth-order valence-corrected chi connectivity index (χ4v) is 1.82. The Morgan fingerprint density at radius 2 is 1.94 bits per heavy atom. The van der Waals surface area contributed by atoms with Crippen molar-refractivity contribution in [1.29, 1.82) is 0 Å². The van der Waals surface area contributed by atoms with E-state index in [0.717, 1.165) is 0 Å². The molecule has 0 saturated carbocycles. The quantitative estimate of drug-likeness (QED) is 0.364. The molecule has 1 aliphatic rings. The molecule has 1 aromatic rings. The molecule has 0 aliphatic carbocycles. The zero-order valence-electron chi connectivity index (χ0n) is 8.32. The lowest BCUT2D eigenvalue weighted by molar-refractivity contribution is 0.249. The van der Waals surface area contributed by atoms with Gasteiger partial charge >= 0.3 is 0 Å². The van der Waals surface area contributed by atoms with Crippen LogP contribution in [-0.2, 0) is 4.74 Å². The van der Waals surface area contributed by atoms with Crippen molar-refractivity contribution in [2.24, 2.45) is 0 Å². The van der Waals surface area contributed by atoms with E-state index < -0.39 is 17.5 Å². The number of ether oxygens (including phenoxy) is 2. The van der Waals surface area contributed by atoms with Crippen LogP contribution in [0.1, 0.15) is 5.56 Å². The molecule has 1 aromatic carbocycles. The summed E-state index contributed by atoms with van der Waals surface area (Å²) in [5.74, 6) is -3.35. The highest BCUT2D eigenvalue weighted by molar-refractivity contribution is 14.1. The SMILES string of the molecule is Cc1c(F)c(F)c(I)c(OCC2CO2)c1F. The molecule has 0 amide bonds. The molecule has 1 fully saturated rings.